The van der Waals surface area contributed by atoms with Gasteiger partial charge in [-0.2, -0.15) is 0 Å². The summed E-state index contributed by atoms with van der Waals surface area (Å²) in [5, 5.41) is 7.06. The topological polar surface area (TPSA) is 27.3 Å². The molecule has 2 saturated heterocycles. The zero-order chi connectivity index (χ0) is 9.10. The highest BCUT2D eigenvalue weighted by molar-refractivity contribution is 4.78. The molecular weight excluding hydrogens is 162 g/mol. The maximum Gasteiger partial charge on any atom is 0.0595 e. The van der Waals surface area contributed by atoms with Gasteiger partial charge in [0.25, 0.3) is 0 Å². The van der Waals surface area contributed by atoms with Gasteiger partial charge in [-0.3, -0.25) is 4.90 Å². The third kappa shape index (κ3) is 2.42. The molecule has 0 radical (unpaired) electrons. The number of nitrogens with zero attached hydrogens (tertiary/aromatic N) is 1. The van der Waals surface area contributed by atoms with Gasteiger partial charge in [0.2, 0.25) is 0 Å². The van der Waals surface area contributed by atoms with Crippen LogP contribution in [0.15, 0.2) is 0 Å². The molecule has 13 heavy (non-hydrogen) atoms. The fourth-order valence-electron chi connectivity index (χ4n) is 2.36. The lowest BCUT2D eigenvalue weighted by molar-refractivity contribution is 0.254. The van der Waals surface area contributed by atoms with Gasteiger partial charge in [0.1, 0.15) is 0 Å². The molecule has 3 heteroatoms. The molecule has 0 saturated carbocycles. The van der Waals surface area contributed by atoms with E-state index in [1.807, 2.05) is 0 Å². The van der Waals surface area contributed by atoms with E-state index in [1.54, 1.807) is 0 Å². The number of nitrogens with one attached hydrogen (secondary N) is 2. The van der Waals surface area contributed by atoms with Crippen molar-refractivity contribution in [3.63, 3.8) is 0 Å². The minimum atomic E-state index is 0.653. The molecule has 2 heterocycles. The van der Waals surface area contributed by atoms with Crippen molar-refractivity contribution in [2.75, 3.05) is 33.2 Å². The quantitative estimate of drug-likeness (QED) is 0.656. The minimum absolute atomic E-state index is 0.653. The number of hydrogen-bond acceptors (Lipinski definition) is 3. The van der Waals surface area contributed by atoms with Crippen LogP contribution < -0.4 is 10.6 Å². The van der Waals surface area contributed by atoms with Crippen LogP contribution in [-0.4, -0.2) is 44.3 Å². The van der Waals surface area contributed by atoms with Crippen LogP contribution in [0.3, 0.4) is 0 Å². The van der Waals surface area contributed by atoms with Gasteiger partial charge in [-0.15, -0.1) is 0 Å². The van der Waals surface area contributed by atoms with E-state index in [9.17, 15) is 0 Å². The third-order valence-corrected chi connectivity index (χ3v) is 3.32. The molecule has 2 N–H and O–H groups in total. The van der Waals surface area contributed by atoms with E-state index >= 15 is 0 Å². The summed E-state index contributed by atoms with van der Waals surface area (Å²) in [5.74, 6) is 0.869. The van der Waals surface area contributed by atoms with Crippen LogP contribution in [0.1, 0.15) is 19.3 Å². The predicted octanol–water partition coefficient (Wildman–Crippen LogP) is 0.237. The first-order valence-electron chi connectivity index (χ1n) is 5.50. The van der Waals surface area contributed by atoms with Gasteiger partial charge in [-0.25, -0.2) is 0 Å². The Morgan fingerprint density at radius 2 is 2.38 bits per heavy atom. The normalized spacial score (nSPS) is 35.8. The first-order chi connectivity index (χ1) is 6.36. The van der Waals surface area contributed by atoms with Gasteiger partial charge >= 0.3 is 0 Å². The standard InChI is InChI=1S/C10H21N3/c1-13-6-2-3-10(13)12-8-9-4-5-11-7-9/h9-12H,2-8H2,1H3. The molecule has 2 aliphatic heterocycles. The Morgan fingerprint density at radius 3 is 3.00 bits per heavy atom. The largest absolute Gasteiger partial charge is 0.316 e. The van der Waals surface area contributed by atoms with Crippen molar-refractivity contribution in [2.45, 2.75) is 25.4 Å². The van der Waals surface area contributed by atoms with Crippen LogP contribution in [0.25, 0.3) is 0 Å². The zero-order valence-electron chi connectivity index (χ0n) is 8.55. The predicted molar refractivity (Wildman–Crippen MR) is 54.6 cm³/mol. The average Bonchev–Trinajstić information content (AvgIpc) is 2.72. The monoisotopic (exact) mass is 183 g/mol. The fourth-order valence-corrected chi connectivity index (χ4v) is 2.36. The Bertz CT molecular complexity index is 154. The Hall–Kier alpha value is -0.120. The summed E-state index contributed by atoms with van der Waals surface area (Å²) in [6.45, 7) is 4.89. The number of hydrogen-bond donors (Lipinski definition) is 2. The van der Waals surface area contributed by atoms with Crippen LogP contribution >= 0.6 is 0 Å². The SMILES string of the molecule is CN1CCCC1NCC1CCNC1. The molecule has 0 bridgehead atoms. The lowest BCUT2D eigenvalue weighted by Crippen LogP contribution is -2.41. The first-order valence-corrected chi connectivity index (χ1v) is 5.50. The van der Waals surface area contributed by atoms with Gasteiger partial charge in [0, 0.05) is 6.54 Å². The Balaban J connectivity index is 1.66. The van der Waals surface area contributed by atoms with Crippen molar-refractivity contribution in [1.82, 2.24) is 15.5 Å². The van der Waals surface area contributed by atoms with E-state index in [0.29, 0.717) is 6.17 Å². The molecule has 0 aromatic rings. The molecule has 2 atom stereocenters. The van der Waals surface area contributed by atoms with Crippen LogP contribution in [0.5, 0.6) is 0 Å². The van der Waals surface area contributed by atoms with Crippen LogP contribution in [0.2, 0.25) is 0 Å². The lowest BCUT2D eigenvalue weighted by Gasteiger charge is -2.22. The van der Waals surface area contributed by atoms with E-state index in [4.69, 9.17) is 0 Å². The highest BCUT2D eigenvalue weighted by Gasteiger charge is 2.22. The zero-order valence-corrected chi connectivity index (χ0v) is 8.55. The van der Waals surface area contributed by atoms with Gasteiger partial charge in [0.05, 0.1) is 6.17 Å². The van der Waals surface area contributed by atoms with Crippen molar-refractivity contribution in [3.8, 4) is 0 Å². The van der Waals surface area contributed by atoms with E-state index in [0.717, 1.165) is 5.92 Å². The van der Waals surface area contributed by atoms with Gasteiger partial charge in [-0.1, -0.05) is 0 Å². The molecule has 3 nitrogen and oxygen atoms in total. The lowest BCUT2D eigenvalue weighted by atomic mass is 10.1. The highest BCUT2D eigenvalue weighted by Crippen LogP contribution is 2.13. The molecule has 0 aliphatic carbocycles. The van der Waals surface area contributed by atoms with Crippen molar-refractivity contribution in [2.24, 2.45) is 5.92 Å². The molecule has 0 aromatic carbocycles. The summed E-state index contributed by atoms with van der Waals surface area (Å²) in [5.41, 5.74) is 0. The molecule has 2 aliphatic rings. The molecule has 0 spiro atoms. The second-order valence-electron chi connectivity index (χ2n) is 4.41. The second kappa shape index (κ2) is 4.40. The Labute approximate surface area is 80.9 Å². The van der Waals surface area contributed by atoms with Crippen molar-refractivity contribution < 1.29 is 0 Å². The Kier molecular flexibility index (Phi) is 3.19. The van der Waals surface area contributed by atoms with Crippen molar-refractivity contribution in [3.05, 3.63) is 0 Å². The highest BCUT2D eigenvalue weighted by atomic mass is 15.3. The minimum Gasteiger partial charge on any atom is -0.316 e. The summed E-state index contributed by atoms with van der Waals surface area (Å²) in [7, 11) is 2.22. The number of likely N-dealkylation sites (tertiary alicyclic amines) is 1. The Morgan fingerprint density at radius 1 is 1.46 bits per heavy atom. The summed E-state index contributed by atoms with van der Waals surface area (Å²) in [6, 6.07) is 0. The van der Waals surface area contributed by atoms with E-state index in [1.165, 1.54) is 45.4 Å². The molecule has 2 rings (SSSR count). The smallest absolute Gasteiger partial charge is 0.0595 e. The number of rotatable bonds is 3. The van der Waals surface area contributed by atoms with Gasteiger partial charge in [0.15, 0.2) is 0 Å². The molecule has 0 aromatic heterocycles. The maximum absolute atomic E-state index is 3.66. The van der Waals surface area contributed by atoms with Gasteiger partial charge < -0.3 is 10.6 Å². The summed E-state index contributed by atoms with van der Waals surface area (Å²) >= 11 is 0. The maximum atomic E-state index is 3.66. The van der Waals surface area contributed by atoms with E-state index < -0.39 is 0 Å². The molecule has 2 fully saturated rings. The van der Waals surface area contributed by atoms with Crippen molar-refractivity contribution >= 4 is 0 Å². The summed E-state index contributed by atoms with van der Waals surface area (Å²) in [4.78, 5) is 2.43. The van der Waals surface area contributed by atoms with Crippen LogP contribution in [0, 0.1) is 5.92 Å². The molecule has 2 unspecified atom stereocenters. The molecular formula is C10H21N3. The van der Waals surface area contributed by atoms with E-state index in [2.05, 4.69) is 22.6 Å². The van der Waals surface area contributed by atoms with Crippen molar-refractivity contribution in [1.29, 1.82) is 0 Å². The van der Waals surface area contributed by atoms with Gasteiger partial charge in [-0.05, 0) is 51.9 Å². The second-order valence-corrected chi connectivity index (χ2v) is 4.41. The fraction of sp³-hybridized carbons (Fsp3) is 1.00. The summed E-state index contributed by atoms with van der Waals surface area (Å²) < 4.78 is 0. The molecule has 0 amide bonds. The van der Waals surface area contributed by atoms with E-state index in [-0.39, 0.29) is 0 Å². The third-order valence-electron chi connectivity index (χ3n) is 3.32. The average molecular weight is 183 g/mol. The summed E-state index contributed by atoms with van der Waals surface area (Å²) in [6.07, 6.45) is 4.69. The molecule has 76 valence electrons. The van der Waals surface area contributed by atoms with Crippen LogP contribution in [0.4, 0.5) is 0 Å². The first kappa shape index (κ1) is 9.44. The van der Waals surface area contributed by atoms with Crippen LogP contribution in [-0.2, 0) is 0 Å².